The minimum absolute atomic E-state index is 0.0251. The first kappa shape index (κ1) is 12.9. The van der Waals surface area contributed by atoms with E-state index in [2.05, 4.69) is 37.9 Å². The lowest BCUT2D eigenvalue weighted by Crippen LogP contribution is -2.53. The molecule has 1 rings (SSSR count). The lowest BCUT2D eigenvalue weighted by atomic mass is 10.1. The molecule has 15 heavy (non-hydrogen) atoms. The first-order valence-electron chi connectivity index (χ1n) is 6.14. The number of nitrogens with zero attached hydrogens (tertiary/aromatic N) is 1. The van der Waals surface area contributed by atoms with E-state index in [4.69, 9.17) is 4.74 Å². The van der Waals surface area contributed by atoms with E-state index < -0.39 is 0 Å². The fourth-order valence-corrected chi connectivity index (χ4v) is 2.05. The van der Waals surface area contributed by atoms with Crippen molar-refractivity contribution in [3.8, 4) is 0 Å². The molecule has 0 spiro atoms. The summed E-state index contributed by atoms with van der Waals surface area (Å²) in [5.41, 5.74) is 0.0251. The monoisotopic (exact) mass is 214 g/mol. The number of hydrogen-bond donors (Lipinski definition) is 1. The predicted octanol–water partition coefficient (Wildman–Crippen LogP) is 1.49. The van der Waals surface area contributed by atoms with Crippen molar-refractivity contribution in [2.24, 2.45) is 0 Å². The molecule has 1 unspecified atom stereocenters. The second-order valence-electron chi connectivity index (χ2n) is 5.13. The predicted molar refractivity (Wildman–Crippen MR) is 64.2 cm³/mol. The molecule has 0 radical (unpaired) electrons. The summed E-state index contributed by atoms with van der Waals surface area (Å²) in [5, 5.41) is 3.48. The zero-order chi connectivity index (χ0) is 11.3. The number of morpholine rings is 1. The van der Waals surface area contributed by atoms with Gasteiger partial charge in [-0.2, -0.15) is 0 Å². The van der Waals surface area contributed by atoms with E-state index in [1.807, 2.05) is 0 Å². The van der Waals surface area contributed by atoms with E-state index in [0.717, 1.165) is 32.8 Å². The summed E-state index contributed by atoms with van der Waals surface area (Å²) in [5.74, 6) is 0. The molecule has 0 aromatic rings. The minimum Gasteiger partial charge on any atom is -0.373 e. The van der Waals surface area contributed by atoms with Gasteiger partial charge in [0, 0.05) is 25.7 Å². The maximum atomic E-state index is 5.71. The summed E-state index contributed by atoms with van der Waals surface area (Å²) < 4.78 is 5.71. The van der Waals surface area contributed by atoms with Crippen molar-refractivity contribution in [1.29, 1.82) is 0 Å². The van der Waals surface area contributed by atoms with Gasteiger partial charge in [0.05, 0.1) is 12.2 Å². The van der Waals surface area contributed by atoms with Gasteiger partial charge in [-0.15, -0.1) is 0 Å². The number of hydrogen-bond acceptors (Lipinski definition) is 3. The standard InChI is InChI=1S/C12H26N2O/c1-5-6-13-9-11(2)14-7-8-15-12(3,4)10-14/h11,13H,5-10H2,1-4H3. The van der Waals surface area contributed by atoms with Crippen LogP contribution in [0.5, 0.6) is 0 Å². The fourth-order valence-electron chi connectivity index (χ4n) is 2.05. The van der Waals surface area contributed by atoms with Crippen molar-refractivity contribution in [2.45, 2.75) is 45.8 Å². The Bertz CT molecular complexity index is 182. The minimum atomic E-state index is 0.0251. The lowest BCUT2D eigenvalue weighted by Gasteiger charge is -2.41. The van der Waals surface area contributed by atoms with Crippen LogP contribution in [0.2, 0.25) is 0 Å². The SMILES string of the molecule is CCCNCC(C)N1CCOC(C)(C)C1. The van der Waals surface area contributed by atoms with Gasteiger partial charge in [0.1, 0.15) is 0 Å². The highest BCUT2D eigenvalue weighted by atomic mass is 16.5. The zero-order valence-corrected chi connectivity index (χ0v) is 10.7. The average Bonchev–Trinajstić information content (AvgIpc) is 2.16. The first-order chi connectivity index (χ1) is 7.05. The van der Waals surface area contributed by atoms with Crippen LogP contribution in [0.4, 0.5) is 0 Å². The summed E-state index contributed by atoms with van der Waals surface area (Å²) in [6.07, 6.45) is 1.21. The average molecular weight is 214 g/mol. The summed E-state index contributed by atoms with van der Waals surface area (Å²) in [6.45, 7) is 14.0. The quantitative estimate of drug-likeness (QED) is 0.702. The molecular weight excluding hydrogens is 188 g/mol. The van der Waals surface area contributed by atoms with Crippen LogP contribution in [0.25, 0.3) is 0 Å². The summed E-state index contributed by atoms with van der Waals surface area (Å²) in [4.78, 5) is 2.52. The molecule has 0 aromatic carbocycles. The Kier molecular flexibility index (Phi) is 5.03. The number of ether oxygens (including phenoxy) is 1. The zero-order valence-electron chi connectivity index (χ0n) is 10.7. The molecule has 0 aliphatic carbocycles. The van der Waals surface area contributed by atoms with Crippen LogP contribution in [-0.4, -0.2) is 49.3 Å². The molecule has 0 saturated carbocycles. The van der Waals surface area contributed by atoms with Crippen LogP contribution in [-0.2, 0) is 4.74 Å². The molecular formula is C12H26N2O. The molecule has 3 nitrogen and oxygen atoms in total. The Hall–Kier alpha value is -0.120. The van der Waals surface area contributed by atoms with Gasteiger partial charge in [-0.1, -0.05) is 6.92 Å². The largest absolute Gasteiger partial charge is 0.373 e. The fraction of sp³-hybridized carbons (Fsp3) is 1.00. The van der Waals surface area contributed by atoms with Gasteiger partial charge < -0.3 is 10.1 Å². The topological polar surface area (TPSA) is 24.5 Å². The Labute approximate surface area is 94.2 Å². The third kappa shape index (κ3) is 4.49. The molecule has 1 heterocycles. The molecule has 0 aromatic heterocycles. The van der Waals surface area contributed by atoms with Crippen LogP contribution >= 0.6 is 0 Å². The number of rotatable bonds is 5. The van der Waals surface area contributed by atoms with Crippen molar-refractivity contribution in [2.75, 3.05) is 32.8 Å². The van der Waals surface area contributed by atoms with Gasteiger partial charge in [-0.25, -0.2) is 0 Å². The van der Waals surface area contributed by atoms with E-state index in [1.165, 1.54) is 6.42 Å². The van der Waals surface area contributed by atoms with Gasteiger partial charge in [0.2, 0.25) is 0 Å². The molecule has 90 valence electrons. The normalized spacial score (nSPS) is 24.0. The second-order valence-corrected chi connectivity index (χ2v) is 5.13. The van der Waals surface area contributed by atoms with Crippen LogP contribution in [0.3, 0.4) is 0 Å². The first-order valence-corrected chi connectivity index (χ1v) is 6.14. The highest BCUT2D eigenvalue weighted by Gasteiger charge is 2.29. The van der Waals surface area contributed by atoms with Crippen molar-refractivity contribution in [3.63, 3.8) is 0 Å². The van der Waals surface area contributed by atoms with E-state index in [1.54, 1.807) is 0 Å². The smallest absolute Gasteiger partial charge is 0.0753 e. The van der Waals surface area contributed by atoms with E-state index >= 15 is 0 Å². The van der Waals surface area contributed by atoms with Gasteiger partial charge in [-0.05, 0) is 33.7 Å². The van der Waals surface area contributed by atoms with Gasteiger partial charge >= 0.3 is 0 Å². The molecule has 3 heteroatoms. The maximum absolute atomic E-state index is 5.71. The molecule has 1 aliphatic rings. The summed E-state index contributed by atoms with van der Waals surface area (Å²) in [7, 11) is 0. The lowest BCUT2D eigenvalue weighted by molar-refractivity contribution is -0.0950. The summed E-state index contributed by atoms with van der Waals surface area (Å²) in [6, 6.07) is 0.611. The molecule has 0 amide bonds. The summed E-state index contributed by atoms with van der Waals surface area (Å²) >= 11 is 0. The Morgan fingerprint density at radius 3 is 2.80 bits per heavy atom. The van der Waals surface area contributed by atoms with Crippen LogP contribution < -0.4 is 5.32 Å². The molecule has 0 bridgehead atoms. The molecule has 1 fully saturated rings. The van der Waals surface area contributed by atoms with Crippen LogP contribution in [0, 0.1) is 0 Å². The van der Waals surface area contributed by atoms with E-state index in [0.29, 0.717) is 6.04 Å². The van der Waals surface area contributed by atoms with Crippen molar-refractivity contribution >= 4 is 0 Å². The molecule has 1 N–H and O–H groups in total. The highest BCUT2D eigenvalue weighted by Crippen LogP contribution is 2.17. The van der Waals surface area contributed by atoms with E-state index in [9.17, 15) is 0 Å². The molecule has 1 saturated heterocycles. The second kappa shape index (κ2) is 5.83. The third-order valence-electron chi connectivity index (χ3n) is 2.95. The molecule has 1 aliphatic heterocycles. The Morgan fingerprint density at radius 2 is 2.20 bits per heavy atom. The van der Waals surface area contributed by atoms with Gasteiger partial charge in [-0.3, -0.25) is 4.90 Å². The maximum Gasteiger partial charge on any atom is 0.0753 e. The molecule has 1 atom stereocenters. The van der Waals surface area contributed by atoms with Gasteiger partial charge in [0.15, 0.2) is 0 Å². The number of nitrogens with one attached hydrogen (secondary N) is 1. The van der Waals surface area contributed by atoms with Crippen LogP contribution in [0.15, 0.2) is 0 Å². The van der Waals surface area contributed by atoms with Crippen molar-refractivity contribution < 1.29 is 4.74 Å². The Balaban J connectivity index is 2.29. The van der Waals surface area contributed by atoms with Gasteiger partial charge in [0.25, 0.3) is 0 Å². The van der Waals surface area contributed by atoms with Crippen molar-refractivity contribution in [1.82, 2.24) is 10.2 Å². The Morgan fingerprint density at radius 1 is 1.47 bits per heavy atom. The van der Waals surface area contributed by atoms with Crippen molar-refractivity contribution in [3.05, 3.63) is 0 Å². The highest BCUT2D eigenvalue weighted by molar-refractivity contribution is 4.82. The third-order valence-corrected chi connectivity index (χ3v) is 2.95. The van der Waals surface area contributed by atoms with Crippen LogP contribution in [0.1, 0.15) is 34.1 Å². The van der Waals surface area contributed by atoms with E-state index in [-0.39, 0.29) is 5.60 Å².